The van der Waals surface area contributed by atoms with Gasteiger partial charge in [0.15, 0.2) is 0 Å². The molecule has 1 saturated heterocycles. The fraction of sp³-hybridized carbons (Fsp3) is 0.375. The highest BCUT2D eigenvalue weighted by atomic mass is 19.1. The van der Waals surface area contributed by atoms with Crippen LogP contribution in [0.3, 0.4) is 0 Å². The van der Waals surface area contributed by atoms with Crippen molar-refractivity contribution in [1.82, 2.24) is 9.47 Å². The molecule has 0 radical (unpaired) electrons. The number of aromatic nitrogens is 1. The zero-order chi connectivity index (χ0) is 24.2. The fourth-order valence-electron chi connectivity index (χ4n) is 5.56. The van der Waals surface area contributed by atoms with Crippen molar-refractivity contribution in [2.75, 3.05) is 19.6 Å². The molecule has 0 bridgehead atoms. The minimum atomic E-state index is -0.196. The summed E-state index contributed by atoms with van der Waals surface area (Å²) < 4.78 is 15.6. The average molecular weight is 469 g/mol. The van der Waals surface area contributed by atoms with Gasteiger partial charge in [-0.05, 0) is 111 Å². The number of aryl methyl sites for hydroxylation is 1. The number of halogens is 1. The van der Waals surface area contributed by atoms with Gasteiger partial charge >= 0.3 is 0 Å². The van der Waals surface area contributed by atoms with E-state index in [2.05, 4.69) is 78.0 Å². The van der Waals surface area contributed by atoms with Crippen LogP contribution in [0.5, 0.6) is 0 Å². The molecule has 1 aromatic heterocycles. The SMILES string of the molecule is CC(C)c1ccc(C2CCN(CCCCc3cn(-c4ccc(F)cc4)c4ccccc34)CC2)cc1. The molecule has 0 atom stereocenters. The smallest absolute Gasteiger partial charge is 0.123 e. The summed E-state index contributed by atoms with van der Waals surface area (Å²) in [5.74, 6) is 1.12. The Kier molecular flexibility index (Phi) is 7.34. The summed E-state index contributed by atoms with van der Waals surface area (Å²) in [6, 6.07) is 24.7. The molecule has 0 unspecified atom stereocenters. The molecule has 0 spiro atoms. The third-order valence-corrected chi connectivity index (χ3v) is 7.73. The quantitative estimate of drug-likeness (QED) is 0.237. The van der Waals surface area contributed by atoms with Gasteiger partial charge in [-0.2, -0.15) is 0 Å². The van der Waals surface area contributed by atoms with Crippen LogP contribution in [0, 0.1) is 5.82 Å². The molecule has 4 aromatic rings. The number of benzene rings is 3. The molecule has 1 aliphatic heterocycles. The van der Waals surface area contributed by atoms with Crippen LogP contribution in [-0.2, 0) is 6.42 Å². The van der Waals surface area contributed by atoms with Gasteiger partial charge in [-0.25, -0.2) is 4.39 Å². The minimum Gasteiger partial charge on any atom is -0.316 e. The zero-order valence-electron chi connectivity index (χ0n) is 21.1. The van der Waals surface area contributed by atoms with Crippen LogP contribution >= 0.6 is 0 Å². The van der Waals surface area contributed by atoms with Crippen molar-refractivity contribution >= 4 is 10.9 Å². The maximum Gasteiger partial charge on any atom is 0.123 e. The molecule has 0 amide bonds. The van der Waals surface area contributed by atoms with Crippen molar-refractivity contribution in [2.45, 2.75) is 57.8 Å². The van der Waals surface area contributed by atoms with Gasteiger partial charge in [0.05, 0.1) is 5.52 Å². The number of hydrogen-bond donors (Lipinski definition) is 0. The predicted molar refractivity (Wildman–Crippen MR) is 145 cm³/mol. The van der Waals surface area contributed by atoms with Gasteiger partial charge in [-0.3, -0.25) is 0 Å². The number of unbranched alkanes of at least 4 members (excludes halogenated alkanes) is 1. The largest absolute Gasteiger partial charge is 0.316 e. The summed E-state index contributed by atoms with van der Waals surface area (Å²) in [6.07, 6.45) is 8.28. The molecule has 3 aromatic carbocycles. The standard InChI is InChI=1S/C32H37FN2/c1-24(2)25-10-12-26(13-11-25)27-18-21-34(22-19-27)20-6-5-7-28-23-35(30-16-14-29(33)15-17-30)32-9-4-3-8-31(28)32/h3-4,8-17,23-24,27H,5-7,18-22H2,1-2H3. The molecule has 2 heterocycles. The van der Waals surface area contributed by atoms with Crippen LogP contribution in [0.4, 0.5) is 4.39 Å². The third kappa shape index (κ3) is 5.51. The Morgan fingerprint density at radius 1 is 0.857 bits per heavy atom. The highest BCUT2D eigenvalue weighted by Gasteiger charge is 2.20. The molecule has 3 heteroatoms. The summed E-state index contributed by atoms with van der Waals surface area (Å²) in [7, 11) is 0. The van der Waals surface area contributed by atoms with Crippen LogP contribution in [0.1, 0.15) is 68.1 Å². The van der Waals surface area contributed by atoms with Crippen LogP contribution in [0.15, 0.2) is 79.0 Å². The fourth-order valence-corrected chi connectivity index (χ4v) is 5.56. The van der Waals surface area contributed by atoms with Gasteiger partial charge in [-0.15, -0.1) is 0 Å². The Labute approximate surface area is 209 Å². The minimum absolute atomic E-state index is 0.196. The van der Waals surface area contributed by atoms with Crippen LogP contribution in [0.25, 0.3) is 16.6 Å². The van der Waals surface area contributed by atoms with E-state index in [9.17, 15) is 4.39 Å². The number of hydrogen-bond acceptors (Lipinski definition) is 1. The van der Waals surface area contributed by atoms with Crippen molar-refractivity contribution in [1.29, 1.82) is 0 Å². The second kappa shape index (κ2) is 10.8. The van der Waals surface area contributed by atoms with Gasteiger partial charge in [0, 0.05) is 17.3 Å². The van der Waals surface area contributed by atoms with Crippen LogP contribution in [-0.4, -0.2) is 29.1 Å². The topological polar surface area (TPSA) is 8.17 Å². The summed E-state index contributed by atoms with van der Waals surface area (Å²) in [4.78, 5) is 2.65. The highest BCUT2D eigenvalue weighted by molar-refractivity contribution is 5.85. The van der Waals surface area contributed by atoms with E-state index < -0.39 is 0 Å². The summed E-state index contributed by atoms with van der Waals surface area (Å²) >= 11 is 0. The lowest BCUT2D eigenvalue weighted by molar-refractivity contribution is 0.209. The van der Waals surface area contributed by atoms with E-state index in [1.165, 1.54) is 85.0 Å². The van der Waals surface area contributed by atoms with Crippen molar-refractivity contribution in [3.8, 4) is 5.69 Å². The van der Waals surface area contributed by atoms with E-state index in [-0.39, 0.29) is 5.82 Å². The maximum atomic E-state index is 13.4. The number of rotatable bonds is 8. The predicted octanol–water partition coefficient (Wildman–Crippen LogP) is 8.10. The Hall–Kier alpha value is -2.91. The molecular weight excluding hydrogens is 431 g/mol. The monoisotopic (exact) mass is 468 g/mol. The van der Waals surface area contributed by atoms with E-state index in [0.29, 0.717) is 11.8 Å². The van der Waals surface area contributed by atoms with E-state index in [1.807, 2.05) is 12.1 Å². The molecular formula is C32H37FN2. The Morgan fingerprint density at radius 2 is 1.57 bits per heavy atom. The van der Waals surface area contributed by atoms with Crippen molar-refractivity contribution < 1.29 is 4.39 Å². The molecule has 0 aliphatic carbocycles. The molecule has 0 N–H and O–H groups in total. The van der Waals surface area contributed by atoms with E-state index in [1.54, 1.807) is 0 Å². The van der Waals surface area contributed by atoms with E-state index in [4.69, 9.17) is 0 Å². The number of para-hydroxylation sites is 1. The number of likely N-dealkylation sites (tertiary alicyclic amines) is 1. The van der Waals surface area contributed by atoms with Crippen molar-refractivity contribution in [3.63, 3.8) is 0 Å². The normalized spacial score (nSPS) is 15.3. The van der Waals surface area contributed by atoms with Crippen molar-refractivity contribution in [3.05, 3.63) is 102 Å². The Balaban J connectivity index is 1.13. The first-order valence-corrected chi connectivity index (χ1v) is 13.3. The number of fused-ring (bicyclic) bond motifs is 1. The first-order valence-electron chi connectivity index (χ1n) is 13.3. The summed E-state index contributed by atoms with van der Waals surface area (Å²) in [6.45, 7) is 8.13. The van der Waals surface area contributed by atoms with E-state index in [0.717, 1.165) is 12.1 Å². The lowest BCUT2D eigenvalue weighted by Gasteiger charge is -2.32. The molecule has 0 saturated carbocycles. The van der Waals surface area contributed by atoms with E-state index >= 15 is 0 Å². The maximum absolute atomic E-state index is 13.4. The summed E-state index contributed by atoms with van der Waals surface area (Å²) in [5.41, 5.74) is 6.54. The van der Waals surface area contributed by atoms with Gasteiger partial charge in [0.1, 0.15) is 5.82 Å². The second-order valence-corrected chi connectivity index (χ2v) is 10.4. The second-order valence-electron chi connectivity index (χ2n) is 10.4. The third-order valence-electron chi connectivity index (χ3n) is 7.73. The molecule has 182 valence electrons. The molecule has 35 heavy (non-hydrogen) atoms. The zero-order valence-corrected chi connectivity index (χ0v) is 21.1. The molecule has 5 rings (SSSR count). The average Bonchev–Trinajstić information content (AvgIpc) is 3.26. The van der Waals surface area contributed by atoms with Crippen LogP contribution < -0.4 is 0 Å². The van der Waals surface area contributed by atoms with Gasteiger partial charge in [0.25, 0.3) is 0 Å². The molecule has 2 nitrogen and oxygen atoms in total. The first-order chi connectivity index (χ1) is 17.1. The molecule has 1 fully saturated rings. The summed E-state index contributed by atoms with van der Waals surface area (Å²) in [5, 5.41) is 1.31. The van der Waals surface area contributed by atoms with Crippen LogP contribution in [0.2, 0.25) is 0 Å². The number of piperidine rings is 1. The van der Waals surface area contributed by atoms with Gasteiger partial charge in [0.2, 0.25) is 0 Å². The highest BCUT2D eigenvalue weighted by Crippen LogP contribution is 2.30. The lowest BCUT2D eigenvalue weighted by Crippen LogP contribution is -2.33. The lowest BCUT2D eigenvalue weighted by atomic mass is 9.88. The Morgan fingerprint density at radius 3 is 2.29 bits per heavy atom. The Bertz CT molecular complexity index is 1230. The molecule has 1 aliphatic rings. The van der Waals surface area contributed by atoms with Gasteiger partial charge < -0.3 is 9.47 Å². The van der Waals surface area contributed by atoms with Crippen molar-refractivity contribution in [2.24, 2.45) is 0 Å². The number of nitrogens with zero attached hydrogens (tertiary/aromatic N) is 2. The van der Waals surface area contributed by atoms with Gasteiger partial charge in [-0.1, -0.05) is 56.3 Å². The first kappa shape index (κ1) is 23.8.